The molecule has 0 spiro atoms. The van der Waals surface area contributed by atoms with Crippen molar-refractivity contribution >= 4 is 0 Å². The molecule has 0 fully saturated rings. The minimum atomic E-state index is -0.102. The van der Waals surface area contributed by atoms with Crippen LogP contribution in [0.15, 0.2) is 24.8 Å². The van der Waals surface area contributed by atoms with Crippen molar-refractivity contribution in [2.45, 2.75) is 66.4 Å². The molecule has 1 atom stereocenters. The SMILES string of the molecule is C=C.CCCC(C)O.CCCC=C(C)C. The smallest absolute Gasteiger partial charge is 0.0512 e. The standard InChI is InChI=1S/C7H14.C5H12O.C2H4/c1-4-5-6-7(2)3;1-3-4-5(2)6;1-2/h6H,4-5H2,1-3H3;5-6H,3-4H2,1-2H3;1-2H2. The van der Waals surface area contributed by atoms with Gasteiger partial charge in [0.25, 0.3) is 0 Å². The Balaban J connectivity index is -0.000000166. The van der Waals surface area contributed by atoms with Gasteiger partial charge in [0, 0.05) is 0 Å². The van der Waals surface area contributed by atoms with E-state index in [2.05, 4.69) is 46.9 Å². The monoisotopic (exact) mass is 214 g/mol. The Labute approximate surface area is 96.9 Å². The average molecular weight is 214 g/mol. The highest BCUT2D eigenvalue weighted by molar-refractivity contribution is 4.92. The highest BCUT2D eigenvalue weighted by atomic mass is 16.3. The Morgan fingerprint density at radius 2 is 1.67 bits per heavy atom. The number of rotatable bonds is 4. The maximum Gasteiger partial charge on any atom is 0.0512 e. The zero-order valence-electron chi connectivity index (χ0n) is 11.3. The third-order valence-electron chi connectivity index (χ3n) is 1.55. The first-order valence-corrected chi connectivity index (χ1v) is 5.85. The third kappa shape index (κ3) is 42.4. The van der Waals surface area contributed by atoms with E-state index in [4.69, 9.17) is 5.11 Å². The van der Waals surface area contributed by atoms with Crippen LogP contribution in [0.3, 0.4) is 0 Å². The van der Waals surface area contributed by atoms with E-state index in [0.717, 1.165) is 12.8 Å². The fraction of sp³-hybridized carbons (Fsp3) is 0.714. The van der Waals surface area contributed by atoms with Gasteiger partial charge in [0.15, 0.2) is 0 Å². The summed E-state index contributed by atoms with van der Waals surface area (Å²) in [5.74, 6) is 0. The van der Waals surface area contributed by atoms with E-state index < -0.39 is 0 Å². The molecule has 0 saturated carbocycles. The summed E-state index contributed by atoms with van der Waals surface area (Å²) >= 11 is 0. The van der Waals surface area contributed by atoms with E-state index in [1.807, 2.05) is 6.92 Å². The predicted molar refractivity (Wildman–Crippen MR) is 72.2 cm³/mol. The molecule has 0 aliphatic heterocycles. The van der Waals surface area contributed by atoms with Crippen LogP contribution in [-0.2, 0) is 0 Å². The van der Waals surface area contributed by atoms with Gasteiger partial charge in [-0.05, 0) is 33.6 Å². The Hall–Kier alpha value is -0.560. The Kier molecular flexibility index (Phi) is 25.4. The number of hydrogen-bond donors (Lipinski definition) is 1. The van der Waals surface area contributed by atoms with Gasteiger partial charge in [0.2, 0.25) is 0 Å². The summed E-state index contributed by atoms with van der Waals surface area (Å²) in [6.45, 7) is 16.3. The number of aliphatic hydroxyl groups excluding tert-OH is 1. The summed E-state index contributed by atoms with van der Waals surface area (Å²) in [6, 6.07) is 0. The number of unbranched alkanes of at least 4 members (excludes halogenated alkanes) is 1. The van der Waals surface area contributed by atoms with Gasteiger partial charge < -0.3 is 5.11 Å². The number of aliphatic hydroxyl groups is 1. The van der Waals surface area contributed by atoms with E-state index in [1.165, 1.54) is 18.4 Å². The molecule has 0 radical (unpaired) electrons. The van der Waals surface area contributed by atoms with Crippen molar-refractivity contribution in [2.24, 2.45) is 0 Å². The normalized spacial score (nSPS) is 10.0. The van der Waals surface area contributed by atoms with Gasteiger partial charge in [-0.1, -0.05) is 38.3 Å². The maximum absolute atomic E-state index is 8.55. The summed E-state index contributed by atoms with van der Waals surface area (Å²) in [5.41, 5.74) is 1.43. The fourth-order valence-electron chi connectivity index (χ4n) is 0.851. The summed E-state index contributed by atoms with van der Waals surface area (Å²) in [4.78, 5) is 0. The van der Waals surface area contributed by atoms with E-state index >= 15 is 0 Å². The van der Waals surface area contributed by atoms with Crippen molar-refractivity contribution in [3.63, 3.8) is 0 Å². The summed E-state index contributed by atoms with van der Waals surface area (Å²) in [6.07, 6.45) is 6.68. The van der Waals surface area contributed by atoms with E-state index in [9.17, 15) is 0 Å². The minimum Gasteiger partial charge on any atom is -0.393 e. The molecule has 0 aliphatic rings. The van der Waals surface area contributed by atoms with Gasteiger partial charge in [0.1, 0.15) is 0 Å². The van der Waals surface area contributed by atoms with Crippen molar-refractivity contribution in [2.75, 3.05) is 0 Å². The molecule has 0 rings (SSSR count). The minimum absolute atomic E-state index is 0.102. The first kappa shape index (κ1) is 19.9. The van der Waals surface area contributed by atoms with Crippen LogP contribution in [0.25, 0.3) is 0 Å². The van der Waals surface area contributed by atoms with Gasteiger partial charge in [0.05, 0.1) is 6.10 Å². The van der Waals surface area contributed by atoms with Gasteiger partial charge in [-0.2, -0.15) is 0 Å². The van der Waals surface area contributed by atoms with Gasteiger partial charge in [-0.3, -0.25) is 0 Å². The first-order valence-electron chi connectivity index (χ1n) is 5.85. The van der Waals surface area contributed by atoms with Crippen LogP contribution in [0.2, 0.25) is 0 Å². The zero-order valence-corrected chi connectivity index (χ0v) is 11.3. The van der Waals surface area contributed by atoms with Crippen LogP contribution in [0.1, 0.15) is 60.3 Å². The van der Waals surface area contributed by atoms with Gasteiger partial charge in [-0.25, -0.2) is 0 Å². The molecule has 1 unspecified atom stereocenters. The quantitative estimate of drug-likeness (QED) is 0.671. The third-order valence-corrected chi connectivity index (χ3v) is 1.55. The molecule has 0 amide bonds. The lowest BCUT2D eigenvalue weighted by Crippen LogP contribution is -1.95. The summed E-state index contributed by atoms with van der Waals surface area (Å²) in [5, 5.41) is 8.55. The molecule has 0 bridgehead atoms. The molecule has 1 heteroatoms. The second-order valence-electron chi connectivity index (χ2n) is 3.71. The molecule has 0 aliphatic carbocycles. The lowest BCUT2D eigenvalue weighted by Gasteiger charge is -1.95. The van der Waals surface area contributed by atoms with Crippen molar-refractivity contribution in [3.05, 3.63) is 24.8 Å². The number of hydrogen-bond acceptors (Lipinski definition) is 1. The second kappa shape index (κ2) is 19.1. The van der Waals surface area contributed by atoms with Gasteiger partial charge in [-0.15, -0.1) is 13.2 Å². The van der Waals surface area contributed by atoms with Crippen LogP contribution in [0.4, 0.5) is 0 Å². The van der Waals surface area contributed by atoms with Crippen molar-refractivity contribution in [1.29, 1.82) is 0 Å². The van der Waals surface area contributed by atoms with E-state index in [1.54, 1.807) is 0 Å². The topological polar surface area (TPSA) is 20.2 Å². The molecule has 92 valence electrons. The highest BCUT2D eigenvalue weighted by Crippen LogP contribution is 1.94. The largest absolute Gasteiger partial charge is 0.393 e. The zero-order chi connectivity index (χ0) is 12.7. The summed E-state index contributed by atoms with van der Waals surface area (Å²) < 4.78 is 0. The van der Waals surface area contributed by atoms with Crippen LogP contribution in [0.5, 0.6) is 0 Å². The maximum atomic E-state index is 8.55. The molecule has 0 heterocycles. The molecule has 0 aromatic carbocycles. The van der Waals surface area contributed by atoms with Crippen molar-refractivity contribution < 1.29 is 5.11 Å². The Morgan fingerprint density at radius 3 is 1.73 bits per heavy atom. The number of allylic oxidation sites excluding steroid dienone is 2. The second-order valence-corrected chi connectivity index (χ2v) is 3.71. The molecule has 0 aromatic rings. The predicted octanol–water partition coefficient (Wildman–Crippen LogP) is 4.72. The van der Waals surface area contributed by atoms with Crippen LogP contribution >= 0.6 is 0 Å². The molecule has 0 aromatic heterocycles. The van der Waals surface area contributed by atoms with Gasteiger partial charge >= 0.3 is 0 Å². The lowest BCUT2D eigenvalue weighted by molar-refractivity contribution is 0.183. The molecular formula is C14H30O. The lowest BCUT2D eigenvalue weighted by atomic mass is 10.2. The van der Waals surface area contributed by atoms with Crippen LogP contribution < -0.4 is 0 Å². The molecule has 1 N–H and O–H groups in total. The highest BCUT2D eigenvalue weighted by Gasteiger charge is 1.87. The average Bonchev–Trinajstić information content (AvgIpc) is 2.18. The molecular weight excluding hydrogens is 184 g/mol. The fourth-order valence-corrected chi connectivity index (χ4v) is 0.851. The van der Waals surface area contributed by atoms with E-state index in [0.29, 0.717) is 0 Å². The van der Waals surface area contributed by atoms with E-state index in [-0.39, 0.29) is 6.10 Å². The van der Waals surface area contributed by atoms with Crippen molar-refractivity contribution in [1.82, 2.24) is 0 Å². The molecule has 0 saturated heterocycles. The Morgan fingerprint density at radius 1 is 1.20 bits per heavy atom. The van der Waals surface area contributed by atoms with Crippen molar-refractivity contribution in [3.8, 4) is 0 Å². The van der Waals surface area contributed by atoms with Crippen LogP contribution in [-0.4, -0.2) is 11.2 Å². The Bertz CT molecular complexity index is 121. The summed E-state index contributed by atoms with van der Waals surface area (Å²) in [7, 11) is 0. The molecule has 15 heavy (non-hydrogen) atoms. The first-order chi connectivity index (χ1) is 7.04. The van der Waals surface area contributed by atoms with Crippen LogP contribution in [0, 0.1) is 0 Å². The molecule has 1 nitrogen and oxygen atoms in total.